The largest absolute Gasteiger partial charge is 1.00 e. The maximum atomic E-state index is 8.88. The molecule has 5 nitrogen and oxygen atoms in total. The predicted molar refractivity (Wildman–Crippen MR) is 102 cm³/mol. The zero-order valence-corrected chi connectivity index (χ0v) is 20.7. The van der Waals surface area contributed by atoms with E-state index in [0.29, 0.717) is 6.61 Å². The third-order valence-corrected chi connectivity index (χ3v) is 4.01. The quantitative estimate of drug-likeness (QED) is 0.179. The molecule has 0 aromatic heterocycles. The zero-order valence-electron chi connectivity index (χ0n) is 17.7. The Morgan fingerprint density at radius 2 is 0.800 bits per heavy atom. The average molecular weight is 409 g/mol. The van der Waals surface area contributed by atoms with Crippen LogP contribution in [-0.2, 0) is 4.57 Å². The first-order chi connectivity index (χ1) is 11.4. The number of unbranched alkanes of at least 4 members (excludes halogenated alkanes) is 15. The summed E-state index contributed by atoms with van der Waals surface area (Å²) in [5.41, 5.74) is 0. The number of aliphatic hydroxyl groups excluding tert-OH is 1. The molecule has 0 amide bonds. The van der Waals surface area contributed by atoms with Crippen molar-refractivity contribution >= 4 is 7.82 Å². The summed E-state index contributed by atoms with van der Waals surface area (Å²) in [6.07, 6.45) is 22.2. The van der Waals surface area contributed by atoms with Crippen LogP contribution in [0.2, 0.25) is 0 Å². The van der Waals surface area contributed by atoms with Gasteiger partial charge in [-0.05, 0) is 6.42 Å². The Labute approximate surface area is 199 Å². The molecule has 0 fully saturated rings. The molecule has 0 aliphatic rings. The molecule has 0 aliphatic carbocycles. The van der Waals surface area contributed by atoms with E-state index in [1.807, 2.05) is 0 Å². The number of hydrogen-bond donors (Lipinski definition) is 4. The van der Waals surface area contributed by atoms with Crippen LogP contribution in [0, 0.1) is 0 Å². The van der Waals surface area contributed by atoms with E-state index in [2.05, 4.69) is 6.92 Å². The minimum Gasteiger partial charge on any atom is -1.00 e. The topological polar surface area (TPSA) is 98.0 Å². The fourth-order valence-corrected chi connectivity index (χ4v) is 2.66. The number of rotatable bonds is 16. The maximum Gasteiger partial charge on any atom is 1.00 e. The van der Waals surface area contributed by atoms with Gasteiger partial charge in [-0.2, -0.15) is 0 Å². The second-order valence-electron chi connectivity index (χ2n) is 6.54. The molecule has 7 heteroatoms. The van der Waals surface area contributed by atoms with Gasteiger partial charge >= 0.3 is 59.2 Å². The molecule has 0 aromatic rings. The molecular weight excluding hydrogens is 366 g/mol. The maximum absolute atomic E-state index is 8.88. The van der Waals surface area contributed by atoms with Gasteiger partial charge in [0.15, 0.2) is 0 Å². The summed E-state index contributed by atoms with van der Waals surface area (Å²) in [7, 11) is -4.64. The molecule has 0 rings (SSSR count). The summed E-state index contributed by atoms with van der Waals surface area (Å²) >= 11 is 0. The molecule has 0 radical (unpaired) electrons. The Hall–Kier alpha value is 1.71. The van der Waals surface area contributed by atoms with Crippen LogP contribution in [0.4, 0.5) is 0 Å². The van der Waals surface area contributed by atoms with Gasteiger partial charge in [-0.1, -0.05) is 103 Å². The van der Waals surface area contributed by atoms with E-state index in [0.717, 1.165) is 6.42 Å². The minimum absolute atomic E-state index is 0. The van der Waals surface area contributed by atoms with Crippen LogP contribution in [-0.4, -0.2) is 26.4 Å². The van der Waals surface area contributed by atoms with Crippen LogP contribution < -0.4 is 51.4 Å². The molecule has 0 bridgehead atoms. The molecule has 0 aromatic carbocycles. The molecule has 150 valence electrons. The van der Waals surface area contributed by atoms with Gasteiger partial charge in [0.05, 0.1) is 0 Å². The average Bonchev–Trinajstić information content (AvgIpc) is 2.49. The summed E-state index contributed by atoms with van der Waals surface area (Å²) in [5.74, 6) is 0. The number of aliphatic hydroxyl groups is 1. The van der Waals surface area contributed by atoms with Crippen LogP contribution in [0.15, 0.2) is 0 Å². The molecule has 0 spiro atoms. The van der Waals surface area contributed by atoms with E-state index in [-0.39, 0.29) is 52.8 Å². The van der Waals surface area contributed by atoms with Crippen molar-refractivity contribution in [1.82, 2.24) is 0 Å². The van der Waals surface area contributed by atoms with E-state index in [1.54, 1.807) is 0 Å². The van der Waals surface area contributed by atoms with E-state index < -0.39 is 7.82 Å². The van der Waals surface area contributed by atoms with Crippen LogP contribution in [0.3, 0.4) is 0 Å². The Morgan fingerprint density at radius 1 is 0.600 bits per heavy atom. The van der Waals surface area contributed by atoms with Crippen molar-refractivity contribution in [1.29, 1.82) is 0 Å². The van der Waals surface area contributed by atoms with Crippen molar-refractivity contribution in [3.05, 3.63) is 0 Å². The van der Waals surface area contributed by atoms with Crippen molar-refractivity contribution in [2.24, 2.45) is 0 Å². The predicted octanol–water partition coefficient (Wildman–Crippen LogP) is 2.43. The minimum atomic E-state index is -4.64. The van der Waals surface area contributed by atoms with Gasteiger partial charge in [0.2, 0.25) is 0 Å². The molecule has 0 heterocycles. The van der Waals surface area contributed by atoms with Crippen LogP contribution in [0.25, 0.3) is 0 Å². The van der Waals surface area contributed by atoms with Crippen LogP contribution in [0.1, 0.15) is 111 Å². The van der Waals surface area contributed by atoms with E-state index in [4.69, 9.17) is 24.4 Å². The van der Waals surface area contributed by atoms with Gasteiger partial charge in [0.1, 0.15) is 0 Å². The van der Waals surface area contributed by atoms with Gasteiger partial charge in [0, 0.05) is 6.61 Å². The third-order valence-electron chi connectivity index (χ3n) is 4.01. The summed E-state index contributed by atoms with van der Waals surface area (Å²) < 4.78 is 8.88. The van der Waals surface area contributed by atoms with Crippen molar-refractivity contribution < 1.29 is 77.2 Å². The van der Waals surface area contributed by atoms with Gasteiger partial charge < -0.3 is 21.2 Å². The Kier molecular flexibility index (Phi) is 32.3. The molecule has 0 aliphatic heterocycles. The van der Waals surface area contributed by atoms with Crippen molar-refractivity contribution in [3.63, 3.8) is 0 Å². The first-order valence-corrected chi connectivity index (χ1v) is 11.4. The molecule has 0 unspecified atom stereocenters. The number of hydrogen-bond acceptors (Lipinski definition) is 2. The van der Waals surface area contributed by atoms with E-state index in [9.17, 15) is 0 Å². The van der Waals surface area contributed by atoms with Crippen LogP contribution in [0.5, 0.6) is 0 Å². The van der Waals surface area contributed by atoms with E-state index >= 15 is 0 Å². The fraction of sp³-hybridized carbons (Fsp3) is 1.00. The Bertz CT molecular complexity index is 256. The molecule has 25 heavy (non-hydrogen) atoms. The van der Waals surface area contributed by atoms with Crippen molar-refractivity contribution in [2.45, 2.75) is 110 Å². The third kappa shape index (κ3) is 46.1. The van der Waals surface area contributed by atoms with Gasteiger partial charge in [-0.3, -0.25) is 0 Å². The normalized spacial score (nSPS) is 10.8. The second kappa shape index (κ2) is 25.7. The Balaban J connectivity index is -0.000000304. The van der Waals surface area contributed by atoms with Gasteiger partial charge in [0.25, 0.3) is 0 Å². The summed E-state index contributed by atoms with van der Waals surface area (Å²) in [6, 6.07) is 0. The summed E-state index contributed by atoms with van der Waals surface area (Å²) in [4.78, 5) is 21.6. The smallest absolute Gasteiger partial charge is 1.00 e. The Morgan fingerprint density at radius 3 is 1.00 bits per heavy atom. The molecule has 0 saturated carbocycles. The molecule has 0 atom stereocenters. The van der Waals surface area contributed by atoms with E-state index in [1.165, 1.54) is 96.3 Å². The summed E-state index contributed by atoms with van der Waals surface area (Å²) in [5, 5.41) is 8.67. The van der Waals surface area contributed by atoms with Crippen LogP contribution >= 0.6 is 7.82 Å². The standard InChI is InChI=1S/C18H38O.K.H3O4P.H/c1-2-3-4-5-6-7-8-9-10-11-12-13-14-15-16-17-18-19;;1-5(2,3)4;/h19H,2-18H2,1H3;;(H3,1,2,3,4);/q;+1;;-1. The van der Waals surface area contributed by atoms with Crippen molar-refractivity contribution in [2.75, 3.05) is 6.61 Å². The monoisotopic (exact) mass is 408 g/mol. The SMILES string of the molecule is CCCCCCCCCCCCCCCCCCO.O=P(O)(O)O.[H-].[K+]. The first kappa shape index (κ1) is 31.4. The zero-order chi connectivity index (χ0) is 18.5. The van der Waals surface area contributed by atoms with Gasteiger partial charge in [-0.15, -0.1) is 0 Å². The molecule has 0 saturated heterocycles. The second-order valence-corrected chi connectivity index (χ2v) is 7.57. The number of phosphoric acid groups is 1. The van der Waals surface area contributed by atoms with Gasteiger partial charge in [-0.25, -0.2) is 4.57 Å². The molecule has 4 N–H and O–H groups in total. The molecular formula is C18H42KO5P. The first-order valence-electron chi connectivity index (χ1n) is 9.81. The summed E-state index contributed by atoms with van der Waals surface area (Å²) in [6.45, 7) is 2.66. The van der Waals surface area contributed by atoms with Crippen molar-refractivity contribution in [3.8, 4) is 0 Å². The fourth-order valence-electron chi connectivity index (χ4n) is 2.66.